The van der Waals surface area contributed by atoms with Crippen LogP contribution in [-0.2, 0) is 10.0 Å². The maximum Gasteiger partial charge on any atom is 0.241 e. The molecule has 2 rings (SSSR count). The number of hydrogen-bond donors (Lipinski definition) is 1. The summed E-state index contributed by atoms with van der Waals surface area (Å²) in [5.74, 6) is 0.417. The largest absolute Gasteiger partial charge is 0.256 e. The van der Waals surface area contributed by atoms with Crippen LogP contribution >= 0.6 is 11.6 Å². The van der Waals surface area contributed by atoms with E-state index >= 15 is 0 Å². The van der Waals surface area contributed by atoms with Crippen LogP contribution < -0.4 is 4.72 Å². The van der Waals surface area contributed by atoms with Crippen LogP contribution in [-0.4, -0.2) is 25.3 Å². The van der Waals surface area contributed by atoms with Gasteiger partial charge in [-0.2, -0.15) is 0 Å². The van der Waals surface area contributed by atoms with Gasteiger partial charge in [0.2, 0.25) is 10.0 Å². The summed E-state index contributed by atoms with van der Waals surface area (Å²) in [6, 6.07) is 8.34. The van der Waals surface area contributed by atoms with Crippen molar-refractivity contribution in [1.29, 1.82) is 0 Å². The van der Waals surface area contributed by atoms with Gasteiger partial charge in [0.1, 0.15) is 0 Å². The maximum atomic E-state index is 12.3. The second-order valence-corrected chi connectivity index (χ2v) is 6.39. The maximum absolute atomic E-state index is 12.3. The Bertz CT molecular complexity index is 668. The zero-order valence-corrected chi connectivity index (χ0v) is 12.1. The fourth-order valence-corrected chi connectivity index (χ4v) is 3.68. The van der Waals surface area contributed by atoms with Crippen molar-refractivity contribution in [3.63, 3.8) is 0 Å². The van der Waals surface area contributed by atoms with Gasteiger partial charge in [-0.15, -0.1) is 11.6 Å². The molecule has 102 valence electrons. The van der Waals surface area contributed by atoms with Crippen LogP contribution in [0.5, 0.6) is 0 Å². The Kier molecular flexibility index (Phi) is 4.39. The quantitative estimate of drug-likeness (QED) is 0.863. The highest BCUT2D eigenvalue weighted by Gasteiger charge is 2.19. The first-order valence-electron chi connectivity index (χ1n) is 5.96. The molecule has 0 radical (unpaired) electrons. The highest BCUT2D eigenvalue weighted by Crippen LogP contribution is 2.21. The molecule has 1 aromatic carbocycles. The molecule has 2 aromatic rings. The normalized spacial score (nSPS) is 13.6. The molecule has 1 unspecified atom stereocenters. The van der Waals surface area contributed by atoms with Crippen molar-refractivity contribution < 1.29 is 8.42 Å². The molecule has 0 aliphatic rings. The molecular weight excluding hydrogens is 284 g/mol. The highest BCUT2D eigenvalue weighted by atomic mass is 35.5. The van der Waals surface area contributed by atoms with Gasteiger partial charge >= 0.3 is 0 Å². The van der Waals surface area contributed by atoms with Crippen molar-refractivity contribution in [2.45, 2.75) is 24.3 Å². The minimum atomic E-state index is -3.56. The monoisotopic (exact) mass is 298 g/mol. The molecule has 1 atom stereocenters. The number of sulfonamides is 1. The number of halogens is 1. The molecule has 0 aliphatic carbocycles. The Balaban J connectivity index is 2.43. The van der Waals surface area contributed by atoms with E-state index in [1.54, 1.807) is 43.5 Å². The van der Waals surface area contributed by atoms with Gasteiger partial charge in [-0.25, -0.2) is 13.1 Å². The molecule has 1 heterocycles. The Morgan fingerprint density at radius 1 is 1.32 bits per heavy atom. The molecule has 0 amide bonds. The van der Waals surface area contributed by atoms with Gasteiger partial charge in [0.15, 0.2) is 0 Å². The standard InChI is InChI=1S/C13H15ClN2O2S/c1-10(7-8-14)16-19(17,18)13-6-2-5-12-11(13)4-3-9-15-12/h2-6,9-10,16H,7-8H2,1H3. The molecule has 0 bridgehead atoms. The predicted octanol–water partition coefficient (Wildman–Crippen LogP) is 2.53. The number of benzene rings is 1. The Hall–Kier alpha value is -1.17. The van der Waals surface area contributed by atoms with E-state index in [0.29, 0.717) is 23.2 Å². The molecule has 0 saturated carbocycles. The van der Waals surface area contributed by atoms with E-state index in [1.165, 1.54) is 0 Å². The van der Waals surface area contributed by atoms with E-state index in [4.69, 9.17) is 11.6 Å². The summed E-state index contributed by atoms with van der Waals surface area (Å²) in [5, 5.41) is 0.621. The number of aromatic nitrogens is 1. The van der Waals surface area contributed by atoms with E-state index in [2.05, 4.69) is 9.71 Å². The number of rotatable bonds is 5. The first kappa shape index (κ1) is 14.2. The van der Waals surface area contributed by atoms with Crippen LogP contribution in [0.4, 0.5) is 0 Å². The minimum absolute atomic E-state index is 0.200. The lowest BCUT2D eigenvalue weighted by Crippen LogP contribution is -2.33. The third-order valence-corrected chi connectivity index (χ3v) is 4.66. The van der Waals surface area contributed by atoms with Gasteiger partial charge in [-0.05, 0) is 37.6 Å². The molecule has 0 saturated heterocycles. The minimum Gasteiger partial charge on any atom is -0.256 e. The molecule has 1 aromatic heterocycles. The van der Waals surface area contributed by atoms with E-state index in [0.717, 1.165) is 0 Å². The molecule has 19 heavy (non-hydrogen) atoms. The number of nitrogens with one attached hydrogen (secondary N) is 1. The topological polar surface area (TPSA) is 59.1 Å². The molecule has 6 heteroatoms. The van der Waals surface area contributed by atoms with Gasteiger partial charge in [-0.3, -0.25) is 4.98 Å². The SMILES string of the molecule is CC(CCCl)NS(=O)(=O)c1cccc2ncccc12. The second-order valence-electron chi connectivity index (χ2n) is 4.33. The smallest absolute Gasteiger partial charge is 0.241 e. The average Bonchev–Trinajstić information content (AvgIpc) is 2.37. The van der Waals surface area contributed by atoms with Gasteiger partial charge in [-0.1, -0.05) is 6.07 Å². The summed E-state index contributed by atoms with van der Waals surface area (Å²) in [6.07, 6.45) is 2.23. The first-order chi connectivity index (χ1) is 9.04. The van der Waals surface area contributed by atoms with Crippen molar-refractivity contribution in [2.75, 3.05) is 5.88 Å². The van der Waals surface area contributed by atoms with Crippen LogP contribution in [0.25, 0.3) is 10.9 Å². The summed E-state index contributed by atoms with van der Waals surface area (Å²) >= 11 is 5.62. The van der Waals surface area contributed by atoms with Crippen molar-refractivity contribution in [3.05, 3.63) is 36.5 Å². The van der Waals surface area contributed by atoms with Crippen LogP contribution in [0.3, 0.4) is 0 Å². The Morgan fingerprint density at radius 2 is 2.11 bits per heavy atom. The summed E-state index contributed by atoms with van der Waals surface area (Å²) in [6.45, 7) is 1.79. The lowest BCUT2D eigenvalue weighted by molar-refractivity contribution is 0.557. The van der Waals surface area contributed by atoms with Crippen molar-refractivity contribution >= 4 is 32.5 Å². The van der Waals surface area contributed by atoms with Crippen molar-refractivity contribution in [3.8, 4) is 0 Å². The fraction of sp³-hybridized carbons (Fsp3) is 0.308. The summed E-state index contributed by atoms with van der Waals surface area (Å²) < 4.78 is 27.3. The molecule has 0 spiro atoms. The van der Waals surface area contributed by atoms with E-state index in [1.807, 2.05) is 0 Å². The van der Waals surface area contributed by atoms with Gasteiger partial charge < -0.3 is 0 Å². The van der Waals surface area contributed by atoms with Crippen molar-refractivity contribution in [1.82, 2.24) is 9.71 Å². The van der Waals surface area contributed by atoms with Crippen LogP contribution in [0, 0.1) is 0 Å². The number of nitrogens with zero attached hydrogens (tertiary/aromatic N) is 1. The van der Waals surface area contributed by atoms with E-state index in [9.17, 15) is 8.42 Å². The van der Waals surface area contributed by atoms with Crippen molar-refractivity contribution in [2.24, 2.45) is 0 Å². The third kappa shape index (κ3) is 3.23. The van der Waals surface area contributed by atoms with E-state index < -0.39 is 10.0 Å². The summed E-state index contributed by atoms with van der Waals surface area (Å²) in [5.41, 5.74) is 0.662. The lowest BCUT2D eigenvalue weighted by atomic mass is 10.2. The molecule has 1 N–H and O–H groups in total. The molecule has 4 nitrogen and oxygen atoms in total. The van der Waals surface area contributed by atoms with Crippen LogP contribution in [0.15, 0.2) is 41.4 Å². The van der Waals surface area contributed by atoms with Crippen LogP contribution in [0.2, 0.25) is 0 Å². The second kappa shape index (κ2) is 5.86. The predicted molar refractivity (Wildman–Crippen MR) is 76.9 cm³/mol. The van der Waals surface area contributed by atoms with Gasteiger partial charge in [0.25, 0.3) is 0 Å². The number of pyridine rings is 1. The zero-order valence-electron chi connectivity index (χ0n) is 10.5. The lowest BCUT2D eigenvalue weighted by Gasteiger charge is -2.14. The molecule has 0 fully saturated rings. The number of hydrogen-bond acceptors (Lipinski definition) is 3. The van der Waals surface area contributed by atoms with Crippen LogP contribution in [0.1, 0.15) is 13.3 Å². The Morgan fingerprint density at radius 3 is 2.84 bits per heavy atom. The molecular formula is C13H15ClN2O2S. The highest BCUT2D eigenvalue weighted by molar-refractivity contribution is 7.89. The zero-order chi connectivity index (χ0) is 13.9. The third-order valence-electron chi connectivity index (χ3n) is 2.79. The fourth-order valence-electron chi connectivity index (χ4n) is 1.86. The average molecular weight is 299 g/mol. The van der Waals surface area contributed by atoms with Gasteiger partial charge in [0, 0.05) is 23.5 Å². The summed E-state index contributed by atoms with van der Waals surface area (Å²) in [4.78, 5) is 4.41. The van der Waals surface area contributed by atoms with Gasteiger partial charge in [0.05, 0.1) is 10.4 Å². The number of fused-ring (bicyclic) bond motifs is 1. The molecule has 0 aliphatic heterocycles. The number of alkyl halides is 1. The summed E-state index contributed by atoms with van der Waals surface area (Å²) in [7, 11) is -3.56. The van der Waals surface area contributed by atoms with E-state index in [-0.39, 0.29) is 10.9 Å². The Labute approximate surface area is 117 Å². The first-order valence-corrected chi connectivity index (χ1v) is 7.98.